The Morgan fingerprint density at radius 3 is 2.62 bits per heavy atom. The SMILES string of the molecule is Cc1ccc(OCc2c(C(=O)Nc3cc(C)n(Cc4ccccc4F)n3)noc2C)cc1. The predicted molar refractivity (Wildman–Crippen MR) is 117 cm³/mol. The second-order valence-electron chi connectivity index (χ2n) is 7.54. The summed E-state index contributed by atoms with van der Waals surface area (Å²) < 4.78 is 26.6. The van der Waals surface area contributed by atoms with E-state index in [-0.39, 0.29) is 24.7 Å². The molecule has 0 spiro atoms. The monoisotopic (exact) mass is 434 g/mol. The van der Waals surface area contributed by atoms with Gasteiger partial charge in [0.15, 0.2) is 11.5 Å². The zero-order valence-electron chi connectivity index (χ0n) is 18.1. The summed E-state index contributed by atoms with van der Waals surface area (Å²) >= 11 is 0. The first kappa shape index (κ1) is 21.3. The molecule has 164 valence electrons. The average molecular weight is 434 g/mol. The Balaban J connectivity index is 1.46. The lowest BCUT2D eigenvalue weighted by molar-refractivity contribution is 0.101. The Hall–Kier alpha value is -3.94. The van der Waals surface area contributed by atoms with Crippen LogP contribution in [0, 0.1) is 26.6 Å². The predicted octanol–water partition coefficient (Wildman–Crippen LogP) is 4.82. The van der Waals surface area contributed by atoms with Crippen molar-refractivity contribution in [3.8, 4) is 5.75 Å². The highest BCUT2D eigenvalue weighted by Gasteiger charge is 2.21. The van der Waals surface area contributed by atoms with Crippen molar-refractivity contribution in [3.63, 3.8) is 0 Å². The first-order valence-corrected chi connectivity index (χ1v) is 10.1. The summed E-state index contributed by atoms with van der Waals surface area (Å²) in [5.41, 5.74) is 3.12. The number of ether oxygens (including phenoxy) is 1. The highest BCUT2D eigenvalue weighted by atomic mass is 19.1. The van der Waals surface area contributed by atoms with Gasteiger partial charge in [0.2, 0.25) is 0 Å². The molecule has 0 atom stereocenters. The summed E-state index contributed by atoms with van der Waals surface area (Å²) in [6.07, 6.45) is 0. The van der Waals surface area contributed by atoms with Gasteiger partial charge in [-0.1, -0.05) is 41.1 Å². The van der Waals surface area contributed by atoms with Crippen LogP contribution in [0.1, 0.15) is 38.6 Å². The number of aromatic nitrogens is 3. The van der Waals surface area contributed by atoms with Crippen molar-refractivity contribution >= 4 is 11.7 Å². The number of carbonyl (C=O) groups is 1. The molecule has 4 rings (SSSR count). The number of benzene rings is 2. The van der Waals surface area contributed by atoms with E-state index in [4.69, 9.17) is 9.26 Å². The smallest absolute Gasteiger partial charge is 0.279 e. The van der Waals surface area contributed by atoms with Crippen LogP contribution in [0.5, 0.6) is 5.75 Å². The van der Waals surface area contributed by atoms with Crippen LogP contribution in [-0.2, 0) is 13.2 Å². The number of anilines is 1. The van der Waals surface area contributed by atoms with Gasteiger partial charge < -0.3 is 14.6 Å². The van der Waals surface area contributed by atoms with Crippen molar-refractivity contribution in [1.29, 1.82) is 0 Å². The number of nitrogens with one attached hydrogen (secondary N) is 1. The molecule has 2 aromatic carbocycles. The Morgan fingerprint density at radius 1 is 1.12 bits per heavy atom. The first-order chi connectivity index (χ1) is 15.4. The number of hydrogen-bond acceptors (Lipinski definition) is 5. The molecule has 0 fully saturated rings. The third-order valence-corrected chi connectivity index (χ3v) is 5.10. The van der Waals surface area contributed by atoms with E-state index in [1.54, 1.807) is 35.9 Å². The summed E-state index contributed by atoms with van der Waals surface area (Å²) in [6.45, 7) is 5.96. The molecular weight excluding hydrogens is 411 g/mol. The Labute approximate surface area is 184 Å². The Bertz CT molecular complexity index is 1240. The molecule has 0 bridgehead atoms. The maximum atomic E-state index is 14.0. The molecule has 0 radical (unpaired) electrons. The third kappa shape index (κ3) is 4.69. The minimum atomic E-state index is -0.458. The number of rotatable bonds is 7. The van der Waals surface area contributed by atoms with Gasteiger partial charge in [-0.3, -0.25) is 9.48 Å². The molecule has 0 saturated carbocycles. The normalized spacial score (nSPS) is 10.9. The van der Waals surface area contributed by atoms with Crippen LogP contribution in [-0.4, -0.2) is 20.8 Å². The van der Waals surface area contributed by atoms with E-state index in [0.717, 1.165) is 11.3 Å². The minimum Gasteiger partial charge on any atom is -0.489 e. The fraction of sp³-hybridized carbons (Fsp3) is 0.208. The molecule has 7 nitrogen and oxygen atoms in total. The number of hydrogen-bond donors (Lipinski definition) is 1. The van der Waals surface area contributed by atoms with Crippen molar-refractivity contribution in [2.75, 3.05) is 5.32 Å². The fourth-order valence-electron chi connectivity index (χ4n) is 3.22. The number of nitrogens with zero attached hydrogens (tertiary/aromatic N) is 3. The molecule has 1 N–H and O–H groups in total. The standard InChI is InChI=1S/C24H23FN4O3/c1-15-8-10-19(11-9-15)31-14-20-17(3)32-28-23(20)24(30)26-22-12-16(2)29(27-22)13-18-6-4-5-7-21(18)25/h4-12H,13-14H2,1-3H3,(H,26,27,30). The van der Waals surface area contributed by atoms with Gasteiger partial charge in [0.25, 0.3) is 5.91 Å². The molecular formula is C24H23FN4O3. The van der Waals surface area contributed by atoms with Crippen molar-refractivity contribution in [2.45, 2.75) is 33.9 Å². The second kappa shape index (κ2) is 9.05. The lowest BCUT2D eigenvalue weighted by Gasteiger charge is -2.07. The van der Waals surface area contributed by atoms with E-state index in [0.29, 0.717) is 28.5 Å². The van der Waals surface area contributed by atoms with Crippen LogP contribution >= 0.6 is 0 Å². The average Bonchev–Trinajstić information content (AvgIpc) is 3.31. The van der Waals surface area contributed by atoms with Gasteiger partial charge in [-0.25, -0.2) is 4.39 Å². The summed E-state index contributed by atoms with van der Waals surface area (Å²) in [7, 11) is 0. The molecule has 32 heavy (non-hydrogen) atoms. The van der Waals surface area contributed by atoms with Gasteiger partial charge in [0, 0.05) is 17.3 Å². The van der Waals surface area contributed by atoms with Gasteiger partial charge >= 0.3 is 0 Å². The number of aryl methyl sites for hydroxylation is 3. The van der Waals surface area contributed by atoms with Crippen LogP contribution < -0.4 is 10.1 Å². The Kier molecular flexibility index (Phi) is 6.02. The van der Waals surface area contributed by atoms with Gasteiger partial charge in [-0.05, 0) is 39.0 Å². The molecule has 1 amide bonds. The van der Waals surface area contributed by atoms with E-state index in [1.807, 2.05) is 38.1 Å². The van der Waals surface area contributed by atoms with Crippen LogP contribution in [0.15, 0.2) is 59.1 Å². The summed E-state index contributed by atoms with van der Waals surface area (Å²) in [5.74, 6) is 0.771. The molecule has 0 unspecified atom stereocenters. The molecule has 8 heteroatoms. The van der Waals surface area contributed by atoms with Crippen molar-refractivity contribution in [3.05, 3.63) is 94.3 Å². The quantitative estimate of drug-likeness (QED) is 0.451. The molecule has 0 aliphatic rings. The lowest BCUT2D eigenvalue weighted by atomic mass is 10.2. The summed E-state index contributed by atoms with van der Waals surface area (Å²) in [6, 6.07) is 15.9. The Morgan fingerprint density at radius 2 is 1.88 bits per heavy atom. The van der Waals surface area contributed by atoms with Crippen molar-refractivity contribution in [1.82, 2.24) is 14.9 Å². The number of halogens is 1. The molecule has 2 heterocycles. The van der Waals surface area contributed by atoms with Gasteiger partial charge in [0.1, 0.15) is 23.9 Å². The highest BCUT2D eigenvalue weighted by Crippen LogP contribution is 2.20. The molecule has 0 aliphatic carbocycles. The second-order valence-corrected chi connectivity index (χ2v) is 7.54. The zero-order chi connectivity index (χ0) is 22.7. The van der Waals surface area contributed by atoms with Crippen molar-refractivity contribution < 1.29 is 18.4 Å². The summed E-state index contributed by atoms with van der Waals surface area (Å²) in [4.78, 5) is 12.8. The number of carbonyl (C=O) groups excluding carboxylic acids is 1. The van der Waals surface area contributed by atoms with E-state index in [9.17, 15) is 9.18 Å². The van der Waals surface area contributed by atoms with Gasteiger partial charge in [0.05, 0.1) is 12.1 Å². The minimum absolute atomic E-state index is 0.135. The van der Waals surface area contributed by atoms with E-state index in [2.05, 4.69) is 15.6 Å². The highest BCUT2D eigenvalue weighted by molar-refractivity contribution is 6.03. The van der Waals surface area contributed by atoms with Gasteiger partial charge in [-0.2, -0.15) is 5.10 Å². The lowest BCUT2D eigenvalue weighted by Crippen LogP contribution is -2.16. The number of amides is 1. The van der Waals surface area contributed by atoms with Crippen LogP contribution in [0.2, 0.25) is 0 Å². The summed E-state index contributed by atoms with van der Waals surface area (Å²) in [5, 5.41) is 11.0. The van der Waals surface area contributed by atoms with Crippen LogP contribution in [0.4, 0.5) is 10.2 Å². The maximum absolute atomic E-state index is 14.0. The maximum Gasteiger partial charge on any atom is 0.279 e. The topological polar surface area (TPSA) is 82.2 Å². The first-order valence-electron chi connectivity index (χ1n) is 10.1. The molecule has 0 aliphatic heterocycles. The molecule has 4 aromatic rings. The molecule has 2 aromatic heterocycles. The van der Waals surface area contributed by atoms with Crippen LogP contribution in [0.25, 0.3) is 0 Å². The third-order valence-electron chi connectivity index (χ3n) is 5.10. The van der Waals surface area contributed by atoms with E-state index < -0.39 is 5.91 Å². The molecule has 0 saturated heterocycles. The zero-order valence-corrected chi connectivity index (χ0v) is 18.1. The van der Waals surface area contributed by atoms with E-state index in [1.165, 1.54) is 6.07 Å². The van der Waals surface area contributed by atoms with Crippen LogP contribution in [0.3, 0.4) is 0 Å². The van der Waals surface area contributed by atoms with Crippen molar-refractivity contribution in [2.24, 2.45) is 0 Å². The largest absolute Gasteiger partial charge is 0.489 e. The van der Waals surface area contributed by atoms with Gasteiger partial charge in [-0.15, -0.1) is 0 Å². The fourth-order valence-corrected chi connectivity index (χ4v) is 3.22. The van der Waals surface area contributed by atoms with E-state index >= 15 is 0 Å².